The van der Waals surface area contributed by atoms with Gasteiger partial charge >= 0.3 is 0 Å². The summed E-state index contributed by atoms with van der Waals surface area (Å²) in [7, 11) is 0. The summed E-state index contributed by atoms with van der Waals surface area (Å²) in [4.78, 5) is 9.60. The standard InChI is InChI=1S/C17H16ClN3S/c18-17-14(7-4-9-20-17)15-11-21-16(22-15)12-19-10-8-13-5-2-1-3-6-13/h1-7,9,11,19H,8,10,12H2. The molecule has 5 heteroatoms. The van der Waals surface area contributed by atoms with Gasteiger partial charge in [0.1, 0.15) is 10.2 Å². The number of aromatic nitrogens is 2. The largest absolute Gasteiger partial charge is 0.310 e. The topological polar surface area (TPSA) is 37.8 Å². The van der Waals surface area contributed by atoms with E-state index in [0.29, 0.717) is 5.15 Å². The van der Waals surface area contributed by atoms with Gasteiger partial charge in [0, 0.05) is 24.5 Å². The molecule has 0 aliphatic heterocycles. The molecule has 0 bridgehead atoms. The summed E-state index contributed by atoms with van der Waals surface area (Å²) >= 11 is 7.76. The quantitative estimate of drug-likeness (QED) is 0.544. The average Bonchev–Trinajstić information content (AvgIpc) is 3.02. The van der Waals surface area contributed by atoms with E-state index in [2.05, 4.69) is 39.6 Å². The Balaban J connectivity index is 1.53. The van der Waals surface area contributed by atoms with Gasteiger partial charge in [0.05, 0.1) is 4.88 Å². The fraction of sp³-hybridized carbons (Fsp3) is 0.176. The van der Waals surface area contributed by atoms with E-state index in [1.807, 2.05) is 24.4 Å². The third-order valence-corrected chi connectivity index (χ3v) is 4.62. The fourth-order valence-corrected chi connectivity index (χ4v) is 3.35. The summed E-state index contributed by atoms with van der Waals surface area (Å²) in [6.45, 7) is 1.71. The number of nitrogens with zero attached hydrogens (tertiary/aromatic N) is 2. The first-order valence-electron chi connectivity index (χ1n) is 7.13. The summed E-state index contributed by atoms with van der Waals surface area (Å²) in [5.41, 5.74) is 2.29. The molecule has 3 aromatic rings. The van der Waals surface area contributed by atoms with Crippen molar-refractivity contribution < 1.29 is 0 Å². The predicted octanol–water partition coefficient (Wildman–Crippen LogP) is 4.19. The molecule has 2 aromatic heterocycles. The van der Waals surface area contributed by atoms with E-state index in [4.69, 9.17) is 11.6 Å². The average molecular weight is 330 g/mol. The van der Waals surface area contributed by atoms with Gasteiger partial charge in [-0.1, -0.05) is 41.9 Å². The third kappa shape index (κ3) is 3.91. The molecule has 3 rings (SSSR count). The summed E-state index contributed by atoms with van der Waals surface area (Å²) in [5.74, 6) is 0. The van der Waals surface area contributed by atoms with Crippen LogP contribution in [0, 0.1) is 0 Å². The van der Waals surface area contributed by atoms with E-state index in [0.717, 1.165) is 35.0 Å². The highest BCUT2D eigenvalue weighted by molar-refractivity contribution is 7.15. The Morgan fingerprint density at radius 1 is 1.05 bits per heavy atom. The van der Waals surface area contributed by atoms with Crippen molar-refractivity contribution in [3.05, 3.63) is 70.6 Å². The van der Waals surface area contributed by atoms with Crippen molar-refractivity contribution in [1.82, 2.24) is 15.3 Å². The highest BCUT2D eigenvalue weighted by Crippen LogP contribution is 2.30. The maximum Gasteiger partial charge on any atom is 0.137 e. The minimum Gasteiger partial charge on any atom is -0.310 e. The summed E-state index contributed by atoms with van der Waals surface area (Å²) < 4.78 is 0. The first kappa shape index (κ1) is 15.2. The van der Waals surface area contributed by atoms with Gasteiger partial charge in [-0.3, -0.25) is 0 Å². The van der Waals surface area contributed by atoms with Crippen LogP contribution in [0.3, 0.4) is 0 Å². The number of thiazole rings is 1. The predicted molar refractivity (Wildman–Crippen MR) is 92.2 cm³/mol. The second kappa shape index (κ2) is 7.49. The van der Waals surface area contributed by atoms with Crippen LogP contribution >= 0.6 is 22.9 Å². The molecular weight excluding hydrogens is 314 g/mol. The number of benzene rings is 1. The van der Waals surface area contributed by atoms with Crippen LogP contribution in [0.2, 0.25) is 5.15 Å². The van der Waals surface area contributed by atoms with Crippen molar-refractivity contribution in [2.24, 2.45) is 0 Å². The van der Waals surface area contributed by atoms with Gasteiger partial charge in [0.15, 0.2) is 0 Å². The van der Waals surface area contributed by atoms with Gasteiger partial charge < -0.3 is 5.32 Å². The first-order chi connectivity index (χ1) is 10.8. The summed E-state index contributed by atoms with van der Waals surface area (Å²) in [6.07, 6.45) is 4.58. The number of hydrogen-bond donors (Lipinski definition) is 1. The van der Waals surface area contributed by atoms with E-state index in [1.165, 1.54) is 5.56 Å². The lowest BCUT2D eigenvalue weighted by Gasteiger charge is -2.02. The SMILES string of the molecule is Clc1ncccc1-c1cnc(CNCCc2ccccc2)s1. The number of halogens is 1. The Kier molecular flexibility index (Phi) is 5.16. The van der Waals surface area contributed by atoms with Crippen LogP contribution in [-0.4, -0.2) is 16.5 Å². The van der Waals surface area contributed by atoms with Gasteiger partial charge in [-0.05, 0) is 30.7 Å². The smallest absolute Gasteiger partial charge is 0.137 e. The molecule has 1 aromatic carbocycles. The second-order valence-corrected chi connectivity index (χ2v) is 6.35. The molecular formula is C17H16ClN3S. The maximum absolute atomic E-state index is 6.11. The van der Waals surface area contributed by atoms with Crippen LogP contribution in [0.5, 0.6) is 0 Å². The molecule has 3 nitrogen and oxygen atoms in total. The fourth-order valence-electron chi connectivity index (χ4n) is 2.16. The van der Waals surface area contributed by atoms with Crippen LogP contribution in [-0.2, 0) is 13.0 Å². The zero-order valence-electron chi connectivity index (χ0n) is 12.0. The van der Waals surface area contributed by atoms with Crippen molar-refractivity contribution in [1.29, 1.82) is 0 Å². The van der Waals surface area contributed by atoms with Gasteiger partial charge in [-0.25, -0.2) is 9.97 Å². The second-order valence-electron chi connectivity index (χ2n) is 4.87. The molecule has 1 N–H and O–H groups in total. The molecule has 0 aliphatic rings. The zero-order chi connectivity index (χ0) is 15.2. The zero-order valence-corrected chi connectivity index (χ0v) is 13.6. The number of nitrogens with one attached hydrogen (secondary N) is 1. The maximum atomic E-state index is 6.11. The van der Waals surface area contributed by atoms with Gasteiger partial charge in [0.2, 0.25) is 0 Å². The molecule has 2 heterocycles. The monoisotopic (exact) mass is 329 g/mol. The Labute approximate surface area is 139 Å². The molecule has 0 aliphatic carbocycles. The molecule has 0 unspecified atom stereocenters. The van der Waals surface area contributed by atoms with Crippen molar-refractivity contribution in [2.45, 2.75) is 13.0 Å². The van der Waals surface area contributed by atoms with Crippen LogP contribution < -0.4 is 5.32 Å². The van der Waals surface area contributed by atoms with E-state index in [1.54, 1.807) is 17.5 Å². The number of pyridine rings is 1. The Bertz CT molecular complexity index is 728. The Morgan fingerprint density at radius 3 is 2.73 bits per heavy atom. The highest BCUT2D eigenvalue weighted by atomic mass is 35.5. The third-order valence-electron chi connectivity index (χ3n) is 3.29. The molecule has 0 saturated carbocycles. The lowest BCUT2D eigenvalue weighted by molar-refractivity contribution is 0.684. The van der Waals surface area contributed by atoms with Crippen LogP contribution in [0.25, 0.3) is 10.4 Å². The van der Waals surface area contributed by atoms with E-state index in [-0.39, 0.29) is 0 Å². The van der Waals surface area contributed by atoms with Gasteiger partial charge in [-0.2, -0.15) is 0 Å². The van der Waals surface area contributed by atoms with Crippen molar-refractivity contribution in [2.75, 3.05) is 6.54 Å². The van der Waals surface area contributed by atoms with E-state index >= 15 is 0 Å². The first-order valence-corrected chi connectivity index (χ1v) is 8.32. The minimum absolute atomic E-state index is 0.523. The molecule has 0 fully saturated rings. The highest BCUT2D eigenvalue weighted by Gasteiger charge is 2.08. The lowest BCUT2D eigenvalue weighted by atomic mass is 10.1. The molecule has 0 spiro atoms. The minimum atomic E-state index is 0.523. The number of rotatable bonds is 6. The molecule has 0 amide bonds. The molecule has 22 heavy (non-hydrogen) atoms. The number of hydrogen-bond acceptors (Lipinski definition) is 4. The summed E-state index contributed by atoms with van der Waals surface area (Å²) in [5, 5.41) is 5.01. The summed E-state index contributed by atoms with van der Waals surface area (Å²) in [6, 6.07) is 14.3. The van der Waals surface area contributed by atoms with Crippen molar-refractivity contribution in [3.63, 3.8) is 0 Å². The van der Waals surface area contributed by atoms with Crippen molar-refractivity contribution >= 4 is 22.9 Å². The lowest BCUT2D eigenvalue weighted by Crippen LogP contribution is -2.16. The molecule has 0 saturated heterocycles. The van der Waals surface area contributed by atoms with Crippen LogP contribution in [0.15, 0.2) is 54.9 Å². The van der Waals surface area contributed by atoms with E-state index < -0.39 is 0 Å². The molecule has 112 valence electrons. The van der Waals surface area contributed by atoms with Gasteiger partial charge in [-0.15, -0.1) is 11.3 Å². The molecule has 0 radical (unpaired) electrons. The Morgan fingerprint density at radius 2 is 1.91 bits per heavy atom. The molecule has 0 atom stereocenters. The van der Waals surface area contributed by atoms with Crippen molar-refractivity contribution in [3.8, 4) is 10.4 Å². The Hall–Kier alpha value is -1.75. The van der Waals surface area contributed by atoms with Gasteiger partial charge in [0.25, 0.3) is 0 Å². The van der Waals surface area contributed by atoms with Crippen LogP contribution in [0.4, 0.5) is 0 Å². The van der Waals surface area contributed by atoms with Crippen LogP contribution in [0.1, 0.15) is 10.6 Å². The normalized spacial score (nSPS) is 10.8. The van der Waals surface area contributed by atoms with E-state index in [9.17, 15) is 0 Å².